The van der Waals surface area contributed by atoms with Crippen LogP contribution in [0, 0.1) is 6.92 Å². The van der Waals surface area contributed by atoms with Crippen molar-refractivity contribution in [1.82, 2.24) is 24.8 Å². The lowest BCUT2D eigenvalue weighted by Gasteiger charge is -2.15. The molecule has 3 heterocycles. The minimum absolute atomic E-state index is 0.00798. The van der Waals surface area contributed by atoms with E-state index in [-0.39, 0.29) is 5.91 Å². The van der Waals surface area contributed by atoms with E-state index >= 15 is 0 Å². The minimum atomic E-state index is -0.00798. The van der Waals surface area contributed by atoms with Crippen molar-refractivity contribution in [1.29, 1.82) is 0 Å². The monoisotopic (exact) mass is 257 g/mol. The number of nitrogens with zero attached hydrogens (tertiary/aromatic N) is 4. The molecule has 1 fully saturated rings. The van der Waals surface area contributed by atoms with E-state index in [9.17, 15) is 4.79 Å². The summed E-state index contributed by atoms with van der Waals surface area (Å²) in [7, 11) is 0. The van der Waals surface area contributed by atoms with Crippen LogP contribution in [0.15, 0.2) is 24.9 Å². The number of amides is 1. The standard InChI is InChI=1S/C13H15N5O/c1-9-4-16-12(17-9)10-2-3-18(7-10)13(19)11-5-14-8-15-6-11/h4-6,8,10H,2-3,7H2,1H3,(H,16,17). The molecule has 0 aliphatic carbocycles. The molecule has 6 heteroatoms. The van der Waals surface area contributed by atoms with Crippen molar-refractivity contribution in [2.24, 2.45) is 0 Å². The molecular weight excluding hydrogens is 242 g/mol. The van der Waals surface area contributed by atoms with E-state index in [4.69, 9.17) is 0 Å². The van der Waals surface area contributed by atoms with Gasteiger partial charge in [0.2, 0.25) is 0 Å². The number of aromatic amines is 1. The maximum absolute atomic E-state index is 12.2. The van der Waals surface area contributed by atoms with Gasteiger partial charge in [-0.1, -0.05) is 0 Å². The third kappa shape index (κ3) is 2.33. The highest BCUT2D eigenvalue weighted by Crippen LogP contribution is 2.25. The zero-order chi connectivity index (χ0) is 13.2. The number of hydrogen-bond acceptors (Lipinski definition) is 4. The number of aromatic nitrogens is 4. The number of carbonyl (C=O) groups is 1. The number of aryl methyl sites for hydroxylation is 1. The van der Waals surface area contributed by atoms with E-state index < -0.39 is 0 Å². The quantitative estimate of drug-likeness (QED) is 0.875. The molecule has 1 atom stereocenters. The van der Waals surface area contributed by atoms with Crippen LogP contribution >= 0.6 is 0 Å². The van der Waals surface area contributed by atoms with Gasteiger partial charge in [0.25, 0.3) is 5.91 Å². The Bertz CT molecular complexity index is 580. The van der Waals surface area contributed by atoms with Gasteiger partial charge in [0.05, 0.1) is 5.56 Å². The Hall–Kier alpha value is -2.24. The summed E-state index contributed by atoms with van der Waals surface area (Å²) in [6.45, 7) is 3.43. The Kier molecular flexibility index (Phi) is 2.98. The molecule has 0 aromatic carbocycles. The second-order valence-corrected chi connectivity index (χ2v) is 4.82. The van der Waals surface area contributed by atoms with Crippen LogP contribution < -0.4 is 0 Å². The van der Waals surface area contributed by atoms with Gasteiger partial charge in [0.15, 0.2) is 0 Å². The van der Waals surface area contributed by atoms with Gasteiger partial charge < -0.3 is 9.88 Å². The van der Waals surface area contributed by atoms with E-state index in [1.807, 2.05) is 18.0 Å². The van der Waals surface area contributed by atoms with Gasteiger partial charge in [-0.3, -0.25) is 4.79 Å². The SMILES string of the molecule is Cc1cnc(C2CCN(C(=O)c3cncnc3)C2)[nH]1. The maximum Gasteiger partial charge on any atom is 0.257 e. The molecule has 19 heavy (non-hydrogen) atoms. The number of hydrogen-bond donors (Lipinski definition) is 1. The summed E-state index contributed by atoms with van der Waals surface area (Å²) in [5.74, 6) is 1.26. The number of nitrogens with one attached hydrogen (secondary N) is 1. The molecule has 2 aromatic rings. The Morgan fingerprint density at radius 3 is 2.84 bits per heavy atom. The number of H-pyrrole nitrogens is 1. The van der Waals surface area contributed by atoms with Crippen molar-refractivity contribution in [2.75, 3.05) is 13.1 Å². The van der Waals surface area contributed by atoms with Gasteiger partial charge in [0, 0.05) is 43.3 Å². The molecule has 1 saturated heterocycles. The lowest BCUT2D eigenvalue weighted by Crippen LogP contribution is -2.28. The second kappa shape index (κ2) is 4.79. The fourth-order valence-corrected chi connectivity index (χ4v) is 2.40. The molecule has 1 aliphatic heterocycles. The smallest absolute Gasteiger partial charge is 0.257 e. The second-order valence-electron chi connectivity index (χ2n) is 4.82. The van der Waals surface area contributed by atoms with E-state index in [0.29, 0.717) is 18.0 Å². The summed E-state index contributed by atoms with van der Waals surface area (Å²) in [4.78, 5) is 29.4. The first-order valence-electron chi connectivity index (χ1n) is 6.30. The molecule has 1 amide bonds. The minimum Gasteiger partial charge on any atom is -0.346 e. The van der Waals surface area contributed by atoms with Crippen LogP contribution in [0.25, 0.3) is 0 Å². The van der Waals surface area contributed by atoms with Gasteiger partial charge in [0.1, 0.15) is 12.2 Å². The van der Waals surface area contributed by atoms with Gasteiger partial charge in [-0.15, -0.1) is 0 Å². The molecule has 0 bridgehead atoms. The van der Waals surface area contributed by atoms with Crippen LogP contribution in [0.5, 0.6) is 0 Å². The first kappa shape index (κ1) is 11.8. The molecule has 0 radical (unpaired) electrons. The van der Waals surface area contributed by atoms with E-state index in [1.54, 1.807) is 12.4 Å². The molecule has 98 valence electrons. The van der Waals surface area contributed by atoms with Crippen molar-refractivity contribution < 1.29 is 4.79 Å². The molecule has 1 aliphatic rings. The first-order chi connectivity index (χ1) is 9.24. The molecule has 0 spiro atoms. The van der Waals surface area contributed by atoms with E-state index in [1.165, 1.54) is 6.33 Å². The summed E-state index contributed by atoms with van der Waals surface area (Å²) < 4.78 is 0. The third-order valence-corrected chi connectivity index (χ3v) is 3.39. The number of rotatable bonds is 2. The summed E-state index contributed by atoms with van der Waals surface area (Å²) in [6, 6.07) is 0. The van der Waals surface area contributed by atoms with Crippen molar-refractivity contribution in [3.8, 4) is 0 Å². The lowest BCUT2D eigenvalue weighted by atomic mass is 10.1. The van der Waals surface area contributed by atoms with Gasteiger partial charge in [-0.2, -0.15) is 0 Å². The molecule has 1 unspecified atom stereocenters. The lowest BCUT2D eigenvalue weighted by molar-refractivity contribution is 0.0789. The average Bonchev–Trinajstić information content (AvgIpc) is 3.07. The normalized spacial score (nSPS) is 18.8. The molecule has 0 saturated carbocycles. The zero-order valence-corrected chi connectivity index (χ0v) is 10.7. The molecule has 3 rings (SSSR count). The topological polar surface area (TPSA) is 74.8 Å². The van der Waals surface area contributed by atoms with Crippen LogP contribution in [-0.4, -0.2) is 43.8 Å². The van der Waals surface area contributed by atoms with Crippen molar-refractivity contribution in [3.63, 3.8) is 0 Å². The maximum atomic E-state index is 12.2. The van der Waals surface area contributed by atoms with Gasteiger partial charge in [-0.25, -0.2) is 15.0 Å². The number of imidazole rings is 1. The van der Waals surface area contributed by atoms with Crippen molar-refractivity contribution in [3.05, 3.63) is 42.0 Å². The summed E-state index contributed by atoms with van der Waals surface area (Å²) >= 11 is 0. The molecule has 2 aromatic heterocycles. The number of carbonyl (C=O) groups excluding carboxylic acids is 1. The fourth-order valence-electron chi connectivity index (χ4n) is 2.40. The zero-order valence-electron chi connectivity index (χ0n) is 10.7. The largest absolute Gasteiger partial charge is 0.346 e. The molecular formula is C13H15N5O. The van der Waals surface area contributed by atoms with Crippen LogP contribution in [-0.2, 0) is 0 Å². The predicted octanol–water partition coefficient (Wildman–Crippen LogP) is 1.14. The Morgan fingerprint density at radius 2 is 2.16 bits per heavy atom. The van der Waals surface area contributed by atoms with E-state index in [0.717, 1.165) is 24.5 Å². The van der Waals surface area contributed by atoms with Crippen LogP contribution in [0.3, 0.4) is 0 Å². The molecule has 1 N–H and O–H groups in total. The summed E-state index contributed by atoms with van der Waals surface area (Å²) in [5, 5.41) is 0. The third-order valence-electron chi connectivity index (χ3n) is 3.39. The van der Waals surface area contributed by atoms with Crippen molar-refractivity contribution >= 4 is 5.91 Å². The van der Waals surface area contributed by atoms with Gasteiger partial charge in [-0.05, 0) is 13.3 Å². The Balaban J connectivity index is 1.71. The van der Waals surface area contributed by atoms with E-state index in [2.05, 4.69) is 19.9 Å². The van der Waals surface area contributed by atoms with Crippen LogP contribution in [0.4, 0.5) is 0 Å². The van der Waals surface area contributed by atoms with Gasteiger partial charge >= 0.3 is 0 Å². The molecule has 6 nitrogen and oxygen atoms in total. The first-order valence-corrected chi connectivity index (χ1v) is 6.30. The highest BCUT2D eigenvalue weighted by atomic mass is 16.2. The van der Waals surface area contributed by atoms with Crippen molar-refractivity contribution in [2.45, 2.75) is 19.3 Å². The summed E-state index contributed by atoms with van der Waals surface area (Å²) in [5.41, 5.74) is 1.59. The summed E-state index contributed by atoms with van der Waals surface area (Å²) in [6.07, 6.45) is 7.30. The fraction of sp³-hybridized carbons (Fsp3) is 0.385. The Labute approximate surface area is 110 Å². The average molecular weight is 257 g/mol. The highest BCUT2D eigenvalue weighted by Gasteiger charge is 2.29. The Morgan fingerprint density at radius 1 is 1.37 bits per heavy atom. The van der Waals surface area contributed by atoms with Crippen LogP contribution in [0.2, 0.25) is 0 Å². The number of likely N-dealkylation sites (tertiary alicyclic amines) is 1. The van der Waals surface area contributed by atoms with Crippen LogP contribution in [0.1, 0.15) is 34.2 Å². The predicted molar refractivity (Wildman–Crippen MR) is 68.6 cm³/mol. The highest BCUT2D eigenvalue weighted by molar-refractivity contribution is 5.93.